The van der Waals surface area contributed by atoms with E-state index in [1.165, 1.54) is 17.7 Å². The van der Waals surface area contributed by atoms with Crippen LogP contribution in [0.4, 0.5) is 5.82 Å². The largest absolute Gasteiger partial charge is 0.395 e. The third-order valence-electron chi connectivity index (χ3n) is 8.91. The Morgan fingerprint density at radius 1 is 0.978 bits per heavy atom. The molecule has 0 bridgehead atoms. The Morgan fingerprint density at radius 2 is 1.64 bits per heavy atom. The predicted molar refractivity (Wildman–Crippen MR) is 180 cm³/mol. The number of fused-ring (bicyclic) bond motifs is 1. The number of rotatable bonds is 11. The summed E-state index contributed by atoms with van der Waals surface area (Å²) in [5.41, 5.74) is 6.48. The summed E-state index contributed by atoms with van der Waals surface area (Å²) in [5.74, 6) is 1.01. The number of carbonyl (C=O) groups excluding carboxylic acids is 1. The normalized spacial score (nSPS) is 14.7. The zero-order valence-corrected chi connectivity index (χ0v) is 27.9. The molecule has 9 nitrogen and oxygen atoms in total. The molecule has 5 rings (SSSR count). The number of hydrogen-bond donors (Lipinski definition) is 1. The number of hydrogen-bond acceptors (Lipinski definition) is 7. The smallest absolute Gasteiger partial charge is 0.251 e. The van der Waals surface area contributed by atoms with Crippen molar-refractivity contribution in [3.05, 3.63) is 71.9 Å². The van der Waals surface area contributed by atoms with E-state index in [1.54, 1.807) is 7.05 Å². The van der Waals surface area contributed by atoms with Crippen LogP contribution in [-0.2, 0) is 16.1 Å². The number of hydroxylamine groups is 2. The van der Waals surface area contributed by atoms with Gasteiger partial charge in [-0.25, -0.2) is 10.0 Å². The standard InChI is InChI=1S/C36H48N6O3/c1-26-32(29-11-9-8-10-12-29)33-37-30(23-31(42(33)38-26)41-19-17-40(18-20-41)21-22-43)28-15-13-27(14-16-28)24-35(2,3)25-36(4,5)34(44)39(6)45-7/h8-16,23,43H,17-22,24-25H2,1-7H3. The molecule has 1 fully saturated rings. The van der Waals surface area contributed by atoms with Crippen molar-refractivity contribution in [1.29, 1.82) is 0 Å². The monoisotopic (exact) mass is 612 g/mol. The topological polar surface area (TPSA) is 86.4 Å². The van der Waals surface area contributed by atoms with Crippen LogP contribution in [0.5, 0.6) is 0 Å². The first-order valence-electron chi connectivity index (χ1n) is 15.9. The first kappa shape index (κ1) is 32.6. The Labute approximate surface area is 267 Å². The third kappa shape index (κ3) is 7.21. The second-order valence-electron chi connectivity index (χ2n) is 13.7. The fourth-order valence-electron chi connectivity index (χ4n) is 6.96. The minimum absolute atomic E-state index is 0.0227. The fraction of sp³-hybridized carbons (Fsp3) is 0.472. The van der Waals surface area contributed by atoms with Gasteiger partial charge in [0.1, 0.15) is 5.82 Å². The van der Waals surface area contributed by atoms with E-state index < -0.39 is 5.41 Å². The van der Waals surface area contributed by atoms with Crippen molar-refractivity contribution < 1.29 is 14.7 Å². The Balaban J connectivity index is 1.47. The van der Waals surface area contributed by atoms with E-state index >= 15 is 0 Å². The number of β-amino-alcohol motifs (C(OH)–C–C–N with tert-alkyl or cyclic N) is 1. The number of aliphatic hydroxyl groups is 1. The van der Waals surface area contributed by atoms with E-state index in [4.69, 9.17) is 14.9 Å². The summed E-state index contributed by atoms with van der Waals surface area (Å²) in [6.45, 7) is 14.8. The van der Waals surface area contributed by atoms with E-state index in [1.807, 2.05) is 24.4 Å². The Morgan fingerprint density at radius 3 is 2.27 bits per heavy atom. The summed E-state index contributed by atoms with van der Waals surface area (Å²) >= 11 is 0. The highest BCUT2D eigenvalue weighted by molar-refractivity contribution is 5.83. The second kappa shape index (κ2) is 13.3. The van der Waals surface area contributed by atoms with Crippen molar-refractivity contribution in [1.82, 2.24) is 24.6 Å². The molecule has 1 amide bonds. The minimum atomic E-state index is -0.548. The molecule has 0 saturated carbocycles. The highest BCUT2D eigenvalue weighted by Crippen LogP contribution is 2.38. The Hall–Kier alpha value is -3.79. The third-order valence-corrected chi connectivity index (χ3v) is 8.91. The van der Waals surface area contributed by atoms with Crippen LogP contribution in [0.15, 0.2) is 60.7 Å². The molecule has 3 heterocycles. The van der Waals surface area contributed by atoms with Crippen LogP contribution in [0.25, 0.3) is 28.0 Å². The summed E-state index contributed by atoms with van der Waals surface area (Å²) in [6.07, 6.45) is 1.57. The molecule has 0 aliphatic carbocycles. The summed E-state index contributed by atoms with van der Waals surface area (Å²) in [4.78, 5) is 28.0. The van der Waals surface area contributed by atoms with Gasteiger partial charge in [0.15, 0.2) is 5.65 Å². The Kier molecular flexibility index (Phi) is 9.63. The van der Waals surface area contributed by atoms with Gasteiger partial charge in [-0.05, 0) is 36.3 Å². The van der Waals surface area contributed by atoms with E-state index in [0.717, 1.165) is 78.6 Å². The maximum absolute atomic E-state index is 12.9. The number of carbonyl (C=O) groups is 1. The number of aryl methyl sites for hydroxylation is 1. The molecular formula is C36H48N6O3. The number of benzene rings is 2. The van der Waals surface area contributed by atoms with Crippen molar-refractivity contribution in [2.24, 2.45) is 10.8 Å². The van der Waals surface area contributed by atoms with Crippen molar-refractivity contribution >= 4 is 17.4 Å². The van der Waals surface area contributed by atoms with Gasteiger partial charge in [0.25, 0.3) is 5.91 Å². The number of aliphatic hydroxyl groups excluding tert-OH is 1. The van der Waals surface area contributed by atoms with Crippen molar-refractivity contribution in [3.8, 4) is 22.4 Å². The van der Waals surface area contributed by atoms with Crippen LogP contribution in [0.1, 0.15) is 45.4 Å². The lowest BCUT2D eigenvalue weighted by Gasteiger charge is -2.36. The molecule has 1 N–H and O–H groups in total. The highest BCUT2D eigenvalue weighted by atomic mass is 16.7. The van der Waals surface area contributed by atoms with Crippen LogP contribution in [-0.4, -0.2) is 89.1 Å². The van der Waals surface area contributed by atoms with E-state index in [2.05, 4.69) is 85.2 Å². The molecule has 1 aliphatic heterocycles. The van der Waals surface area contributed by atoms with Gasteiger partial charge < -0.3 is 10.0 Å². The molecule has 1 saturated heterocycles. The molecule has 45 heavy (non-hydrogen) atoms. The molecular weight excluding hydrogens is 564 g/mol. The first-order valence-corrected chi connectivity index (χ1v) is 15.9. The average molecular weight is 613 g/mol. The van der Waals surface area contributed by atoms with Crippen LogP contribution < -0.4 is 4.90 Å². The summed E-state index contributed by atoms with van der Waals surface area (Å²) < 4.78 is 2.00. The van der Waals surface area contributed by atoms with Gasteiger partial charge >= 0.3 is 0 Å². The fourth-order valence-corrected chi connectivity index (χ4v) is 6.96. The van der Waals surface area contributed by atoms with E-state index in [-0.39, 0.29) is 17.9 Å². The van der Waals surface area contributed by atoms with E-state index in [0.29, 0.717) is 6.54 Å². The highest BCUT2D eigenvalue weighted by Gasteiger charge is 2.37. The van der Waals surface area contributed by atoms with Crippen molar-refractivity contribution in [2.75, 3.05) is 58.4 Å². The van der Waals surface area contributed by atoms with Gasteiger partial charge in [-0.2, -0.15) is 9.61 Å². The molecule has 0 radical (unpaired) electrons. The molecule has 2 aromatic heterocycles. The van der Waals surface area contributed by atoms with Gasteiger partial charge in [0, 0.05) is 62.4 Å². The SMILES string of the molecule is CON(C)C(=O)C(C)(C)CC(C)(C)Cc1ccc(-c2cc(N3CCN(CCO)CC3)n3nc(C)c(-c4ccccc4)c3n2)cc1. The van der Waals surface area contributed by atoms with Crippen LogP contribution in [0, 0.1) is 17.8 Å². The molecule has 0 unspecified atom stereocenters. The van der Waals surface area contributed by atoms with Gasteiger partial charge in [-0.3, -0.25) is 14.5 Å². The number of nitrogens with zero attached hydrogens (tertiary/aromatic N) is 6. The van der Waals surface area contributed by atoms with Crippen molar-refractivity contribution in [3.63, 3.8) is 0 Å². The number of anilines is 1. The van der Waals surface area contributed by atoms with Crippen LogP contribution >= 0.6 is 0 Å². The van der Waals surface area contributed by atoms with Crippen LogP contribution in [0.3, 0.4) is 0 Å². The predicted octanol–water partition coefficient (Wildman–Crippen LogP) is 5.49. The van der Waals surface area contributed by atoms with Gasteiger partial charge in [0.05, 0.1) is 25.1 Å². The molecule has 240 valence electrons. The molecule has 0 spiro atoms. The number of aromatic nitrogens is 3. The quantitative estimate of drug-likeness (QED) is 0.224. The summed E-state index contributed by atoms with van der Waals surface area (Å²) in [7, 11) is 3.18. The molecule has 0 atom stereocenters. The second-order valence-corrected chi connectivity index (χ2v) is 13.7. The zero-order chi connectivity index (χ0) is 32.4. The lowest BCUT2D eigenvalue weighted by Crippen LogP contribution is -2.47. The summed E-state index contributed by atoms with van der Waals surface area (Å²) in [6, 6.07) is 21.2. The maximum atomic E-state index is 12.9. The number of amides is 1. The molecule has 1 aliphatic rings. The van der Waals surface area contributed by atoms with E-state index in [9.17, 15) is 9.90 Å². The first-order chi connectivity index (χ1) is 21.4. The van der Waals surface area contributed by atoms with Gasteiger partial charge in [0.2, 0.25) is 0 Å². The minimum Gasteiger partial charge on any atom is -0.395 e. The zero-order valence-electron chi connectivity index (χ0n) is 27.9. The summed E-state index contributed by atoms with van der Waals surface area (Å²) in [5, 5.41) is 15.7. The Bertz CT molecular complexity index is 1610. The van der Waals surface area contributed by atoms with Crippen LogP contribution in [0.2, 0.25) is 0 Å². The van der Waals surface area contributed by atoms with Gasteiger partial charge in [-0.1, -0.05) is 82.3 Å². The van der Waals surface area contributed by atoms with Crippen molar-refractivity contribution in [2.45, 2.75) is 47.5 Å². The average Bonchev–Trinajstić information content (AvgIpc) is 3.36. The van der Waals surface area contributed by atoms with Gasteiger partial charge in [-0.15, -0.1) is 0 Å². The number of piperazine rings is 1. The molecule has 2 aromatic carbocycles. The lowest BCUT2D eigenvalue weighted by atomic mass is 9.71. The molecule has 9 heteroatoms. The molecule has 4 aromatic rings. The lowest BCUT2D eigenvalue weighted by molar-refractivity contribution is -0.180. The maximum Gasteiger partial charge on any atom is 0.251 e.